The van der Waals surface area contributed by atoms with Crippen molar-refractivity contribution in [1.29, 1.82) is 0 Å². The molecule has 1 heterocycles. The van der Waals surface area contributed by atoms with Gasteiger partial charge >= 0.3 is 0 Å². The van der Waals surface area contributed by atoms with Crippen molar-refractivity contribution in [3.63, 3.8) is 0 Å². The fraction of sp³-hybridized carbons (Fsp3) is 0.133. The van der Waals surface area contributed by atoms with Crippen LogP contribution in [-0.2, 0) is 4.79 Å². The smallest absolute Gasteiger partial charge is 0.204 e. The number of nitrogens with zero attached hydrogens (tertiary/aromatic N) is 2. The first-order valence-electron chi connectivity index (χ1n) is 6.15. The largest absolute Gasteiger partial charge is 0.383 e. The molecule has 20 heavy (non-hydrogen) atoms. The van der Waals surface area contributed by atoms with Gasteiger partial charge in [0.05, 0.1) is 5.69 Å². The molecule has 0 aromatic heterocycles. The molecule has 0 spiro atoms. The molecule has 0 amide bonds. The highest BCUT2D eigenvalue weighted by Gasteiger charge is 2.13. The van der Waals surface area contributed by atoms with Crippen LogP contribution >= 0.6 is 0 Å². The second kappa shape index (κ2) is 6.06. The standard InChI is InChI=1S/C15H16FN3O/c1-18(2)10-8-15(20)14-7-4-9-19(17-14)13-6-3-5-12(16)11-13/h3-11,17H,1-2H3. The maximum Gasteiger partial charge on any atom is 0.204 e. The lowest BCUT2D eigenvalue weighted by Crippen LogP contribution is -2.37. The van der Waals surface area contributed by atoms with Crippen LogP contribution < -0.4 is 10.4 Å². The lowest BCUT2D eigenvalue weighted by molar-refractivity contribution is -0.111. The number of nitrogens with one attached hydrogen (secondary N) is 1. The second-order valence-electron chi connectivity index (χ2n) is 4.53. The maximum absolute atomic E-state index is 13.2. The van der Waals surface area contributed by atoms with Gasteiger partial charge in [-0.25, -0.2) is 4.39 Å². The van der Waals surface area contributed by atoms with Crippen LogP contribution in [0.2, 0.25) is 0 Å². The van der Waals surface area contributed by atoms with E-state index >= 15 is 0 Å². The Morgan fingerprint density at radius 1 is 1.40 bits per heavy atom. The van der Waals surface area contributed by atoms with Gasteiger partial charge in [-0.3, -0.25) is 15.2 Å². The summed E-state index contributed by atoms with van der Waals surface area (Å²) in [6.45, 7) is 0. The van der Waals surface area contributed by atoms with E-state index in [0.717, 1.165) is 0 Å². The van der Waals surface area contributed by atoms with Crippen LogP contribution in [0.3, 0.4) is 0 Å². The van der Waals surface area contributed by atoms with Crippen molar-refractivity contribution in [3.05, 3.63) is 66.4 Å². The zero-order valence-electron chi connectivity index (χ0n) is 11.4. The van der Waals surface area contributed by atoms with E-state index in [1.165, 1.54) is 18.2 Å². The molecule has 0 unspecified atom stereocenters. The zero-order valence-corrected chi connectivity index (χ0v) is 11.4. The molecule has 4 nitrogen and oxygen atoms in total. The molecule has 0 bridgehead atoms. The van der Waals surface area contributed by atoms with Crippen molar-refractivity contribution in [2.45, 2.75) is 0 Å². The molecule has 0 saturated carbocycles. The summed E-state index contributed by atoms with van der Waals surface area (Å²) in [7, 11) is 3.68. The third kappa shape index (κ3) is 3.47. The molecule has 1 N–H and O–H groups in total. The van der Waals surface area contributed by atoms with Crippen molar-refractivity contribution in [1.82, 2.24) is 10.3 Å². The highest BCUT2D eigenvalue weighted by molar-refractivity contribution is 6.04. The van der Waals surface area contributed by atoms with E-state index in [4.69, 9.17) is 0 Å². The minimum atomic E-state index is -0.326. The highest BCUT2D eigenvalue weighted by Crippen LogP contribution is 2.17. The van der Waals surface area contributed by atoms with Crippen LogP contribution in [0.5, 0.6) is 0 Å². The summed E-state index contributed by atoms with van der Waals surface area (Å²) in [6.07, 6.45) is 8.29. The third-order valence-electron chi connectivity index (χ3n) is 2.61. The Bertz CT molecular complexity index is 591. The van der Waals surface area contributed by atoms with E-state index in [1.807, 2.05) is 14.1 Å². The predicted molar refractivity (Wildman–Crippen MR) is 77.1 cm³/mol. The zero-order chi connectivity index (χ0) is 14.5. The minimum Gasteiger partial charge on any atom is -0.383 e. The Labute approximate surface area is 117 Å². The van der Waals surface area contributed by atoms with Crippen molar-refractivity contribution in [2.24, 2.45) is 0 Å². The van der Waals surface area contributed by atoms with Crippen LogP contribution in [0.4, 0.5) is 10.1 Å². The normalized spacial score (nSPS) is 14.2. The van der Waals surface area contributed by atoms with Gasteiger partial charge in [-0.2, -0.15) is 0 Å². The first-order valence-corrected chi connectivity index (χ1v) is 6.15. The number of hydrogen-bond donors (Lipinski definition) is 1. The summed E-state index contributed by atoms with van der Waals surface area (Å²) in [4.78, 5) is 13.7. The third-order valence-corrected chi connectivity index (χ3v) is 2.61. The van der Waals surface area contributed by atoms with Gasteiger partial charge in [0.2, 0.25) is 5.78 Å². The molecule has 2 rings (SSSR count). The van der Waals surface area contributed by atoms with Gasteiger partial charge in [0.15, 0.2) is 0 Å². The van der Waals surface area contributed by atoms with Gasteiger partial charge in [0, 0.05) is 32.6 Å². The van der Waals surface area contributed by atoms with E-state index in [-0.39, 0.29) is 11.6 Å². The van der Waals surface area contributed by atoms with Crippen molar-refractivity contribution >= 4 is 11.5 Å². The van der Waals surface area contributed by atoms with Crippen LogP contribution in [0.25, 0.3) is 0 Å². The van der Waals surface area contributed by atoms with Crippen molar-refractivity contribution in [2.75, 3.05) is 19.1 Å². The van der Waals surface area contributed by atoms with E-state index in [1.54, 1.807) is 46.6 Å². The molecule has 1 aliphatic rings. The molecule has 1 aromatic rings. The maximum atomic E-state index is 13.2. The topological polar surface area (TPSA) is 35.6 Å². The number of rotatable bonds is 4. The number of carbonyl (C=O) groups excluding carboxylic acids is 1. The minimum absolute atomic E-state index is 0.149. The van der Waals surface area contributed by atoms with E-state index in [9.17, 15) is 9.18 Å². The highest BCUT2D eigenvalue weighted by atomic mass is 19.1. The molecular formula is C15H16FN3O. The van der Waals surface area contributed by atoms with E-state index in [0.29, 0.717) is 11.4 Å². The quantitative estimate of drug-likeness (QED) is 0.853. The number of benzene rings is 1. The van der Waals surface area contributed by atoms with Crippen LogP contribution in [0.15, 0.2) is 60.6 Å². The lowest BCUT2D eigenvalue weighted by atomic mass is 10.2. The van der Waals surface area contributed by atoms with Crippen LogP contribution in [0, 0.1) is 5.82 Å². The van der Waals surface area contributed by atoms with Gasteiger partial charge < -0.3 is 4.90 Å². The Kier molecular flexibility index (Phi) is 4.20. The summed E-state index contributed by atoms with van der Waals surface area (Å²) in [5.74, 6) is -0.475. The number of allylic oxidation sites excluding steroid dienone is 3. The Morgan fingerprint density at radius 2 is 2.20 bits per heavy atom. The Hall–Kier alpha value is -2.56. The van der Waals surface area contributed by atoms with Gasteiger partial charge in [-0.1, -0.05) is 6.07 Å². The SMILES string of the molecule is CN(C)C=CC(=O)C1=CC=CN(c2cccc(F)c2)N1. The summed E-state index contributed by atoms with van der Waals surface area (Å²) in [6, 6.07) is 6.13. The van der Waals surface area contributed by atoms with E-state index < -0.39 is 0 Å². The first kappa shape index (κ1) is 13.9. The number of hydrazine groups is 1. The molecule has 1 aliphatic heterocycles. The van der Waals surface area contributed by atoms with Crippen LogP contribution in [0.1, 0.15) is 0 Å². The molecule has 0 radical (unpaired) electrons. The molecule has 0 fully saturated rings. The summed E-state index contributed by atoms with van der Waals surface area (Å²) in [5, 5.41) is 1.60. The summed E-state index contributed by atoms with van der Waals surface area (Å²) in [5.41, 5.74) is 3.99. The van der Waals surface area contributed by atoms with Gasteiger partial charge in [-0.05, 0) is 30.4 Å². The summed E-state index contributed by atoms with van der Waals surface area (Å²) >= 11 is 0. The monoisotopic (exact) mass is 273 g/mol. The predicted octanol–water partition coefficient (Wildman–Crippen LogP) is 2.19. The van der Waals surface area contributed by atoms with Crippen molar-refractivity contribution in [3.8, 4) is 0 Å². The fourth-order valence-electron chi connectivity index (χ4n) is 1.65. The molecule has 0 atom stereocenters. The number of ketones is 1. The molecule has 0 saturated heterocycles. The molecule has 104 valence electrons. The average Bonchev–Trinajstić information content (AvgIpc) is 2.45. The molecular weight excluding hydrogens is 257 g/mol. The van der Waals surface area contributed by atoms with Gasteiger partial charge in [-0.15, -0.1) is 0 Å². The van der Waals surface area contributed by atoms with Gasteiger partial charge in [0.25, 0.3) is 0 Å². The number of anilines is 1. The number of halogens is 1. The first-order chi connectivity index (χ1) is 9.56. The number of carbonyl (C=O) groups is 1. The van der Waals surface area contributed by atoms with E-state index in [2.05, 4.69) is 5.43 Å². The van der Waals surface area contributed by atoms with Gasteiger partial charge in [0.1, 0.15) is 11.5 Å². The van der Waals surface area contributed by atoms with Crippen molar-refractivity contribution < 1.29 is 9.18 Å². The Balaban J connectivity index is 2.11. The van der Waals surface area contributed by atoms with Crippen LogP contribution in [-0.4, -0.2) is 24.8 Å². The number of hydrogen-bond acceptors (Lipinski definition) is 4. The molecule has 5 heteroatoms. The molecule has 0 aliphatic carbocycles. The summed E-state index contributed by atoms with van der Waals surface area (Å²) < 4.78 is 13.2. The fourth-order valence-corrected chi connectivity index (χ4v) is 1.65. The molecule has 1 aromatic carbocycles. The average molecular weight is 273 g/mol. The lowest BCUT2D eigenvalue weighted by Gasteiger charge is -2.25. The Morgan fingerprint density at radius 3 is 2.90 bits per heavy atom. The second-order valence-corrected chi connectivity index (χ2v) is 4.53.